The second-order valence-electron chi connectivity index (χ2n) is 5.10. The molecule has 1 aromatic carbocycles. The molecule has 0 atom stereocenters. The Bertz CT molecular complexity index is 450. The maximum absolute atomic E-state index is 11.8. The van der Waals surface area contributed by atoms with Crippen LogP contribution < -0.4 is 16.2 Å². The Kier molecular flexibility index (Phi) is 4.31. The maximum atomic E-state index is 11.8. The molecule has 0 aliphatic carbocycles. The first-order valence-corrected chi connectivity index (χ1v) is 5.74. The van der Waals surface area contributed by atoms with Crippen molar-refractivity contribution in [3.63, 3.8) is 0 Å². The van der Waals surface area contributed by atoms with Crippen LogP contribution in [0.5, 0.6) is 0 Å². The van der Waals surface area contributed by atoms with Crippen molar-refractivity contribution in [1.29, 1.82) is 0 Å². The molecule has 3 N–H and O–H groups in total. The first-order chi connectivity index (χ1) is 8.29. The van der Waals surface area contributed by atoms with Crippen molar-refractivity contribution >= 4 is 11.9 Å². The zero-order valence-electron chi connectivity index (χ0n) is 11.1. The van der Waals surface area contributed by atoms with Gasteiger partial charge in [-0.2, -0.15) is 0 Å². The van der Waals surface area contributed by atoms with E-state index in [2.05, 4.69) is 16.2 Å². The number of hydrazine groups is 1. The van der Waals surface area contributed by atoms with Gasteiger partial charge in [-0.15, -0.1) is 0 Å². The minimum atomic E-state index is -0.440. The Balaban J connectivity index is 2.52. The molecule has 0 saturated heterocycles. The lowest BCUT2D eigenvalue weighted by Crippen LogP contribution is -2.52. The molecule has 3 amide bonds. The van der Waals surface area contributed by atoms with E-state index in [0.29, 0.717) is 5.56 Å². The molecule has 1 aromatic rings. The van der Waals surface area contributed by atoms with Crippen LogP contribution in [-0.4, -0.2) is 17.5 Å². The van der Waals surface area contributed by atoms with E-state index < -0.39 is 6.03 Å². The van der Waals surface area contributed by atoms with E-state index >= 15 is 0 Å². The number of carbonyl (C=O) groups excluding carboxylic acids is 2. The van der Waals surface area contributed by atoms with Gasteiger partial charge in [0.25, 0.3) is 5.91 Å². The lowest BCUT2D eigenvalue weighted by atomic mass is 10.1. The van der Waals surface area contributed by atoms with Gasteiger partial charge in [-0.1, -0.05) is 18.2 Å². The second-order valence-corrected chi connectivity index (χ2v) is 5.10. The molecule has 0 radical (unpaired) electrons. The van der Waals surface area contributed by atoms with Gasteiger partial charge in [-0.3, -0.25) is 10.2 Å². The normalized spacial score (nSPS) is 10.7. The molecule has 0 saturated carbocycles. The van der Waals surface area contributed by atoms with E-state index in [1.54, 1.807) is 12.1 Å². The monoisotopic (exact) mass is 249 g/mol. The average Bonchev–Trinajstić information content (AvgIpc) is 2.24. The van der Waals surface area contributed by atoms with Crippen molar-refractivity contribution in [3.8, 4) is 0 Å². The molecule has 18 heavy (non-hydrogen) atoms. The molecule has 0 bridgehead atoms. The van der Waals surface area contributed by atoms with Crippen molar-refractivity contribution in [2.24, 2.45) is 0 Å². The summed E-state index contributed by atoms with van der Waals surface area (Å²) < 4.78 is 0. The quantitative estimate of drug-likeness (QED) is 0.663. The summed E-state index contributed by atoms with van der Waals surface area (Å²) in [7, 11) is 0. The van der Waals surface area contributed by atoms with Gasteiger partial charge in [-0.25, -0.2) is 10.2 Å². The topological polar surface area (TPSA) is 70.2 Å². The summed E-state index contributed by atoms with van der Waals surface area (Å²) in [6.07, 6.45) is 0. The van der Waals surface area contributed by atoms with Crippen molar-refractivity contribution in [3.05, 3.63) is 35.4 Å². The SMILES string of the molecule is Cc1ccccc1C(=O)NNC(=O)NC(C)(C)C. The third-order valence-electron chi connectivity index (χ3n) is 2.17. The largest absolute Gasteiger partial charge is 0.333 e. The fraction of sp³-hybridized carbons (Fsp3) is 0.385. The van der Waals surface area contributed by atoms with Gasteiger partial charge in [0.05, 0.1) is 0 Å². The van der Waals surface area contributed by atoms with E-state index in [9.17, 15) is 9.59 Å². The smallest absolute Gasteiger partial charge is 0.332 e. The minimum absolute atomic E-state index is 0.336. The van der Waals surface area contributed by atoms with Gasteiger partial charge < -0.3 is 5.32 Å². The zero-order valence-corrected chi connectivity index (χ0v) is 11.1. The summed E-state index contributed by atoms with van der Waals surface area (Å²) in [5.74, 6) is -0.336. The van der Waals surface area contributed by atoms with Crippen LogP contribution in [0.15, 0.2) is 24.3 Å². The van der Waals surface area contributed by atoms with Crippen LogP contribution in [0.2, 0.25) is 0 Å². The number of carbonyl (C=O) groups is 2. The number of aryl methyl sites for hydroxylation is 1. The molecule has 0 fully saturated rings. The molecule has 1 rings (SSSR count). The Labute approximate surface area is 107 Å². The number of hydrogen-bond acceptors (Lipinski definition) is 2. The van der Waals surface area contributed by atoms with Crippen molar-refractivity contribution < 1.29 is 9.59 Å². The Morgan fingerprint density at radius 3 is 2.22 bits per heavy atom. The summed E-state index contributed by atoms with van der Waals surface area (Å²) in [4.78, 5) is 23.2. The number of hydrogen-bond donors (Lipinski definition) is 3. The standard InChI is InChI=1S/C13H19N3O2/c1-9-7-5-6-8-10(9)11(17)15-16-12(18)14-13(2,3)4/h5-8H,1-4H3,(H,15,17)(H2,14,16,18). The predicted molar refractivity (Wildman–Crippen MR) is 70.1 cm³/mol. The Morgan fingerprint density at radius 2 is 1.67 bits per heavy atom. The molecular formula is C13H19N3O2. The lowest BCUT2D eigenvalue weighted by molar-refractivity contribution is 0.0934. The van der Waals surface area contributed by atoms with Gasteiger partial charge in [0, 0.05) is 11.1 Å². The third kappa shape index (κ3) is 4.45. The van der Waals surface area contributed by atoms with Crippen LogP contribution in [0.25, 0.3) is 0 Å². The van der Waals surface area contributed by atoms with Crippen LogP contribution in [0.4, 0.5) is 4.79 Å². The highest BCUT2D eigenvalue weighted by atomic mass is 16.2. The fourth-order valence-corrected chi connectivity index (χ4v) is 1.38. The predicted octanol–water partition coefficient (Wildman–Crippen LogP) is 1.74. The summed E-state index contributed by atoms with van der Waals surface area (Å²) in [6.45, 7) is 7.41. The second kappa shape index (κ2) is 5.53. The van der Waals surface area contributed by atoms with Crippen molar-refractivity contribution in [2.45, 2.75) is 33.2 Å². The third-order valence-corrected chi connectivity index (χ3v) is 2.17. The molecule has 5 nitrogen and oxygen atoms in total. The van der Waals surface area contributed by atoms with Gasteiger partial charge in [0.1, 0.15) is 0 Å². The first-order valence-electron chi connectivity index (χ1n) is 5.74. The molecule has 0 aliphatic rings. The molecular weight excluding hydrogens is 230 g/mol. The maximum Gasteiger partial charge on any atom is 0.333 e. The van der Waals surface area contributed by atoms with Crippen LogP contribution >= 0.6 is 0 Å². The van der Waals surface area contributed by atoms with E-state index in [4.69, 9.17) is 0 Å². The van der Waals surface area contributed by atoms with Crippen LogP contribution in [0.3, 0.4) is 0 Å². The Morgan fingerprint density at radius 1 is 1.06 bits per heavy atom. The molecule has 0 unspecified atom stereocenters. The van der Waals surface area contributed by atoms with Gasteiger partial charge in [-0.05, 0) is 39.3 Å². The van der Waals surface area contributed by atoms with Crippen LogP contribution in [0, 0.1) is 6.92 Å². The Hall–Kier alpha value is -2.04. The highest BCUT2D eigenvalue weighted by molar-refractivity contribution is 5.96. The van der Waals surface area contributed by atoms with Crippen molar-refractivity contribution in [1.82, 2.24) is 16.2 Å². The first kappa shape index (κ1) is 14.0. The molecule has 0 aliphatic heterocycles. The zero-order chi connectivity index (χ0) is 13.8. The summed E-state index contributed by atoms with van der Waals surface area (Å²) in [5, 5.41) is 2.68. The van der Waals surface area contributed by atoms with E-state index in [0.717, 1.165) is 5.56 Å². The molecule has 0 heterocycles. The van der Waals surface area contributed by atoms with E-state index in [1.807, 2.05) is 39.8 Å². The number of nitrogens with one attached hydrogen (secondary N) is 3. The number of rotatable bonds is 1. The summed E-state index contributed by atoms with van der Waals surface area (Å²) in [6, 6.07) is 6.73. The summed E-state index contributed by atoms with van der Waals surface area (Å²) >= 11 is 0. The minimum Gasteiger partial charge on any atom is -0.332 e. The highest BCUT2D eigenvalue weighted by Crippen LogP contribution is 2.05. The lowest BCUT2D eigenvalue weighted by Gasteiger charge is -2.20. The van der Waals surface area contributed by atoms with E-state index in [-0.39, 0.29) is 11.4 Å². The van der Waals surface area contributed by atoms with E-state index in [1.165, 1.54) is 0 Å². The highest BCUT2D eigenvalue weighted by Gasteiger charge is 2.14. The van der Waals surface area contributed by atoms with Crippen LogP contribution in [-0.2, 0) is 0 Å². The molecule has 0 aromatic heterocycles. The van der Waals surface area contributed by atoms with Gasteiger partial charge >= 0.3 is 6.03 Å². The number of benzene rings is 1. The average molecular weight is 249 g/mol. The van der Waals surface area contributed by atoms with Crippen LogP contribution in [0.1, 0.15) is 36.7 Å². The van der Waals surface area contributed by atoms with Gasteiger partial charge in [0.15, 0.2) is 0 Å². The molecule has 98 valence electrons. The molecule has 5 heteroatoms. The molecule has 0 spiro atoms. The van der Waals surface area contributed by atoms with Crippen molar-refractivity contribution in [2.75, 3.05) is 0 Å². The number of urea groups is 1. The van der Waals surface area contributed by atoms with Gasteiger partial charge in [0.2, 0.25) is 0 Å². The summed E-state index contributed by atoms with van der Waals surface area (Å²) in [5.41, 5.74) is 5.72. The fourth-order valence-electron chi connectivity index (χ4n) is 1.38. The number of amides is 3.